The van der Waals surface area contributed by atoms with Crippen LogP contribution in [-0.2, 0) is 24.1 Å². The second-order valence-electron chi connectivity index (χ2n) is 8.01. The second-order valence-corrected chi connectivity index (χ2v) is 8.01. The number of nitrogens with one attached hydrogen (secondary N) is 1. The first-order valence-corrected chi connectivity index (χ1v) is 10.7. The van der Waals surface area contributed by atoms with Crippen molar-refractivity contribution >= 4 is 17.6 Å². The summed E-state index contributed by atoms with van der Waals surface area (Å²) in [5.74, 6) is 0.206. The van der Waals surface area contributed by atoms with Crippen LogP contribution in [0.2, 0.25) is 0 Å². The first-order valence-electron chi connectivity index (χ1n) is 10.7. The van der Waals surface area contributed by atoms with Crippen LogP contribution in [0.5, 0.6) is 0 Å². The van der Waals surface area contributed by atoms with Crippen LogP contribution in [0.25, 0.3) is 0 Å². The minimum atomic E-state index is -4.63. The average molecular weight is 473 g/mol. The monoisotopic (exact) mass is 473 g/mol. The fourth-order valence-corrected chi connectivity index (χ4v) is 3.39. The van der Waals surface area contributed by atoms with Crippen molar-refractivity contribution in [2.45, 2.75) is 39.2 Å². The Bertz CT molecular complexity index is 1080. The molecule has 6 nitrogen and oxygen atoms in total. The van der Waals surface area contributed by atoms with Crippen molar-refractivity contribution in [1.82, 2.24) is 9.80 Å². The number of urea groups is 1. The zero-order valence-corrected chi connectivity index (χ0v) is 18.9. The number of amides is 3. The molecule has 3 amide bonds. The van der Waals surface area contributed by atoms with E-state index in [0.717, 1.165) is 11.6 Å². The van der Waals surface area contributed by atoms with Crippen LogP contribution in [0, 0.1) is 0 Å². The molecule has 3 rings (SSSR count). The minimum Gasteiger partial charge on any atom is -0.467 e. The number of para-hydroxylation sites is 1. The van der Waals surface area contributed by atoms with Gasteiger partial charge in [-0.25, -0.2) is 4.79 Å². The van der Waals surface area contributed by atoms with Gasteiger partial charge in [0, 0.05) is 12.6 Å². The first-order chi connectivity index (χ1) is 16.1. The SMILES string of the molecule is CC(C)N(CC(=O)N(Cc1ccccc1)Cc1ccco1)C(=O)Nc1ccccc1C(F)(F)F. The number of rotatable bonds is 8. The number of carbonyl (C=O) groups is 2. The fraction of sp³-hybridized carbons (Fsp3) is 0.280. The van der Waals surface area contributed by atoms with Crippen molar-refractivity contribution < 1.29 is 27.2 Å². The van der Waals surface area contributed by atoms with E-state index in [-0.39, 0.29) is 31.2 Å². The summed E-state index contributed by atoms with van der Waals surface area (Å²) in [7, 11) is 0. The highest BCUT2D eigenvalue weighted by Crippen LogP contribution is 2.34. The average Bonchev–Trinajstić information content (AvgIpc) is 3.30. The highest BCUT2D eigenvalue weighted by atomic mass is 19.4. The Balaban J connectivity index is 1.78. The van der Waals surface area contributed by atoms with Crippen molar-refractivity contribution in [2.24, 2.45) is 0 Å². The van der Waals surface area contributed by atoms with Crippen LogP contribution in [0.4, 0.5) is 23.7 Å². The van der Waals surface area contributed by atoms with Crippen molar-refractivity contribution in [1.29, 1.82) is 0 Å². The molecule has 0 spiro atoms. The smallest absolute Gasteiger partial charge is 0.418 e. The van der Waals surface area contributed by atoms with Gasteiger partial charge in [0.2, 0.25) is 5.91 Å². The number of halogens is 3. The van der Waals surface area contributed by atoms with Gasteiger partial charge < -0.3 is 19.5 Å². The maximum atomic E-state index is 13.3. The third-order valence-electron chi connectivity index (χ3n) is 5.16. The molecule has 34 heavy (non-hydrogen) atoms. The summed E-state index contributed by atoms with van der Waals surface area (Å²) in [5, 5.41) is 2.32. The van der Waals surface area contributed by atoms with Gasteiger partial charge in [0.1, 0.15) is 12.3 Å². The number of nitrogens with zero attached hydrogens (tertiary/aromatic N) is 2. The molecule has 0 bridgehead atoms. The van der Waals surface area contributed by atoms with Gasteiger partial charge in [-0.2, -0.15) is 13.2 Å². The van der Waals surface area contributed by atoms with Gasteiger partial charge >= 0.3 is 12.2 Å². The number of benzene rings is 2. The van der Waals surface area contributed by atoms with E-state index in [0.29, 0.717) is 5.76 Å². The summed E-state index contributed by atoms with van der Waals surface area (Å²) in [6, 6.07) is 16.3. The second kappa shape index (κ2) is 10.9. The Morgan fingerprint density at radius 3 is 2.24 bits per heavy atom. The molecule has 9 heteroatoms. The summed E-state index contributed by atoms with van der Waals surface area (Å²) >= 11 is 0. The van der Waals surface area contributed by atoms with Gasteiger partial charge in [0.15, 0.2) is 0 Å². The molecular formula is C25H26F3N3O3. The topological polar surface area (TPSA) is 65.8 Å². The molecule has 0 fully saturated rings. The predicted molar refractivity (Wildman–Crippen MR) is 122 cm³/mol. The maximum absolute atomic E-state index is 13.3. The molecule has 180 valence electrons. The molecule has 0 saturated heterocycles. The molecule has 1 N–H and O–H groups in total. The van der Waals surface area contributed by atoms with E-state index in [4.69, 9.17) is 4.42 Å². The first kappa shape index (κ1) is 24.9. The molecule has 2 aromatic carbocycles. The molecule has 3 aromatic rings. The number of anilines is 1. The van der Waals surface area contributed by atoms with Crippen LogP contribution in [0.15, 0.2) is 77.4 Å². The van der Waals surface area contributed by atoms with Crippen LogP contribution in [-0.4, -0.2) is 34.3 Å². The summed E-state index contributed by atoms with van der Waals surface area (Å²) in [4.78, 5) is 28.9. The highest BCUT2D eigenvalue weighted by Gasteiger charge is 2.34. The van der Waals surface area contributed by atoms with Gasteiger partial charge in [-0.05, 0) is 43.7 Å². The molecule has 0 unspecified atom stereocenters. The lowest BCUT2D eigenvalue weighted by Crippen LogP contribution is -2.47. The Morgan fingerprint density at radius 1 is 0.941 bits per heavy atom. The van der Waals surface area contributed by atoms with Crippen molar-refractivity contribution in [3.8, 4) is 0 Å². The predicted octanol–water partition coefficient (Wildman–Crippen LogP) is 5.77. The molecule has 1 heterocycles. The molecule has 0 aliphatic carbocycles. The van der Waals surface area contributed by atoms with E-state index in [1.54, 1.807) is 30.9 Å². The number of hydrogen-bond acceptors (Lipinski definition) is 3. The summed E-state index contributed by atoms with van der Waals surface area (Å²) in [5.41, 5.74) is -0.432. The highest BCUT2D eigenvalue weighted by molar-refractivity contribution is 5.93. The van der Waals surface area contributed by atoms with Gasteiger partial charge in [-0.1, -0.05) is 42.5 Å². The van der Waals surface area contributed by atoms with Crippen LogP contribution in [0.1, 0.15) is 30.7 Å². The molecule has 0 aliphatic heterocycles. The lowest BCUT2D eigenvalue weighted by atomic mass is 10.1. The Kier molecular flexibility index (Phi) is 7.99. The number of hydrogen-bond donors (Lipinski definition) is 1. The van der Waals surface area contributed by atoms with Crippen LogP contribution >= 0.6 is 0 Å². The Hall–Kier alpha value is -3.75. The molecule has 0 radical (unpaired) electrons. The van der Waals surface area contributed by atoms with Crippen LogP contribution in [0.3, 0.4) is 0 Å². The lowest BCUT2D eigenvalue weighted by Gasteiger charge is -2.30. The van der Waals surface area contributed by atoms with E-state index >= 15 is 0 Å². The lowest BCUT2D eigenvalue weighted by molar-refractivity contribution is -0.137. The molecule has 0 aliphatic rings. The maximum Gasteiger partial charge on any atom is 0.418 e. The quantitative estimate of drug-likeness (QED) is 0.452. The molecule has 0 saturated carbocycles. The normalized spacial score (nSPS) is 11.4. The van der Waals surface area contributed by atoms with Crippen molar-refractivity contribution in [3.05, 3.63) is 89.9 Å². The number of carbonyl (C=O) groups excluding carboxylic acids is 2. The zero-order valence-electron chi connectivity index (χ0n) is 18.9. The minimum absolute atomic E-state index is 0.186. The van der Waals surface area contributed by atoms with Gasteiger partial charge in [-0.15, -0.1) is 0 Å². The Morgan fingerprint density at radius 2 is 1.62 bits per heavy atom. The van der Waals surface area contributed by atoms with E-state index in [1.165, 1.54) is 29.4 Å². The molecular weight excluding hydrogens is 447 g/mol. The van der Waals surface area contributed by atoms with E-state index < -0.39 is 23.8 Å². The van der Waals surface area contributed by atoms with Gasteiger partial charge in [-0.3, -0.25) is 4.79 Å². The van der Waals surface area contributed by atoms with E-state index in [2.05, 4.69) is 5.32 Å². The van der Waals surface area contributed by atoms with Gasteiger partial charge in [0.25, 0.3) is 0 Å². The fourth-order valence-electron chi connectivity index (χ4n) is 3.39. The third kappa shape index (κ3) is 6.63. The summed E-state index contributed by atoms with van der Waals surface area (Å²) in [6.07, 6.45) is -3.12. The number of furan rings is 1. The van der Waals surface area contributed by atoms with Crippen molar-refractivity contribution in [2.75, 3.05) is 11.9 Å². The largest absolute Gasteiger partial charge is 0.467 e. The van der Waals surface area contributed by atoms with Gasteiger partial charge in [0.05, 0.1) is 24.1 Å². The van der Waals surface area contributed by atoms with E-state index in [1.807, 2.05) is 30.3 Å². The van der Waals surface area contributed by atoms with Crippen LogP contribution < -0.4 is 5.32 Å². The standard InChI is InChI=1S/C25H26F3N3O3/c1-18(2)31(24(33)29-22-13-7-6-12-21(22)25(26,27)28)17-23(32)30(16-20-11-8-14-34-20)15-19-9-4-3-5-10-19/h3-14,18H,15-17H2,1-2H3,(H,29,33). The Labute approximate surface area is 196 Å². The van der Waals surface area contributed by atoms with Crippen molar-refractivity contribution in [3.63, 3.8) is 0 Å². The van der Waals surface area contributed by atoms with E-state index in [9.17, 15) is 22.8 Å². The zero-order chi connectivity index (χ0) is 24.7. The third-order valence-corrected chi connectivity index (χ3v) is 5.16. The summed E-state index contributed by atoms with van der Waals surface area (Å²) < 4.78 is 45.4. The molecule has 0 atom stereocenters. The molecule has 1 aromatic heterocycles. The number of alkyl halides is 3. The summed E-state index contributed by atoms with van der Waals surface area (Å²) in [6.45, 7) is 3.54.